The highest BCUT2D eigenvalue weighted by Crippen LogP contribution is 2.26. The maximum absolute atomic E-state index is 13.3. The lowest BCUT2D eigenvalue weighted by atomic mass is 10.1. The van der Waals surface area contributed by atoms with Gasteiger partial charge >= 0.3 is 0 Å². The molecule has 1 atom stereocenters. The Morgan fingerprint density at radius 1 is 1.32 bits per heavy atom. The molecule has 1 aromatic heterocycles. The molecular weight excluding hydrogens is 319 g/mol. The molecule has 1 saturated heterocycles. The predicted octanol–water partition coefficient (Wildman–Crippen LogP) is 2.36. The fourth-order valence-electron chi connectivity index (χ4n) is 3.72. The normalized spacial score (nSPS) is 19.1. The number of amides is 1. The number of rotatable bonds is 4. The van der Waals surface area contributed by atoms with Crippen molar-refractivity contribution < 1.29 is 9.18 Å². The van der Waals surface area contributed by atoms with Gasteiger partial charge in [-0.1, -0.05) is 12.1 Å². The summed E-state index contributed by atoms with van der Waals surface area (Å²) in [4.78, 5) is 23.1. The van der Waals surface area contributed by atoms with Crippen LogP contribution in [0.3, 0.4) is 0 Å². The van der Waals surface area contributed by atoms with Crippen molar-refractivity contribution in [2.24, 2.45) is 0 Å². The van der Waals surface area contributed by atoms with Gasteiger partial charge in [-0.2, -0.15) is 0 Å². The molecule has 4 rings (SSSR count). The molecule has 0 unspecified atom stereocenters. The highest BCUT2D eigenvalue weighted by Gasteiger charge is 2.27. The Morgan fingerprint density at radius 3 is 3.12 bits per heavy atom. The molecule has 2 aromatic rings. The van der Waals surface area contributed by atoms with Gasteiger partial charge < -0.3 is 10.2 Å². The van der Waals surface area contributed by atoms with E-state index >= 15 is 0 Å². The monoisotopic (exact) mass is 340 g/mol. The molecule has 1 aliphatic heterocycles. The first-order valence-corrected chi connectivity index (χ1v) is 8.80. The lowest BCUT2D eigenvalue weighted by Crippen LogP contribution is -2.33. The standard InChI is InChI=1S/C19H21FN4O/c20-14-4-1-3-13(9-14)10-18(25)24-8-7-15(11-24)23-19-16-5-2-6-17(16)21-12-22-19/h1,3-4,9,12,15H,2,5-8,10-11H2,(H,21,22,23)/t15-/m0/s1. The Labute approximate surface area is 146 Å². The first-order chi connectivity index (χ1) is 12.2. The molecule has 1 amide bonds. The van der Waals surface area contributed by atoms with Crippen molar-refractivity contribution in [3.05, 3.63) is 53.2 Å². The summed E-state index contributed by atoms with van der Waals surface area (Å²) >= 11 is 0. The molecule has 0 saturated carbocycles. The fourth-order valence-corrected chi connectivity index (χ4v) is 3.72. The van der Waals surface area contributed by atoms with E-state index in [2.05, 4.69) is 15.3 Å². The van der Waals surface area contributed by atoms with Gasteiger partial charge in [0.2, 0.25) is 5.91 Å². The average molecular weight is 340 g/mol. The van der Waals surface area contributed by atoms with Crippen molar-refractivity contribution in [2.75, 3.05) is 18.4 Å². The first kappa shape index (κ1) is 16.0. The molecule has 1 N–H and O–H groups in total. The highest BCUT2D eigenvalue weighted by atomic mass is 19.1. The number of halogens is 1. The molecule has 0 spiro atoms. The third-order valence-corrected chi connectivity index (χ3v) is 5.00. The number of fused-ring (bicyclic) bond motifs is 1. The van der Waals surface area contributed by atoms with Crippen molar-refractivity contribution in [2.45, 2.75) is 38.1 Å². The summed E-state index contributed by atoms with van der Waals surface area (Å²) in [6, 6.07) is 6.45. The summed E-state index contributed by atoms with van der Waals surface area (Å²) in [6.07, 6.45) is 5.93. The van der Waals surface area contributed by atoms with Gasteiger partial charge in [0.15, 0.2) is 0 Å². The van der Waals surface area contributed by atoms with Gasteiger partial charge in [-0.25, -0.2) is 14.4 Å². The zero-order valence-electron chi connectivity index (χ0n) is 14.0. The van der Waals surface area contributed by atoms with Crippen LogP contribution in [-0.2, 0) is 24.1 Å². The van der Waals surface area contributed by atoms with E-state index in [0.717, 1.165) is 49.3 Å². The summed E-state index contributed by atoms with van der Waals surface area (Å²) < 4.78 is 13.3. The number of aryl methyl sites for hydroxylation is 1. The zero-order chi connectivity index (χ0) is 17.2. The number of nitrogens with one attached hydrogen (secondary N) is 1. The van der Waals surface area contributed by atoms with Crippen LogP contribution in [-0.4, -0.2) is 39.9 Å². The Kier molecular flexibility index (Phi) is 4.34. The van der Waals surface area contributed by atoms with E-state index in [1.54, 1.807) is 18.5 Å². The summed E-state index contributed by atoms with van der Waals surface area (Å²) in [5.41, 5.74) is 3.09. The number of nitrogens with zero attached hydrogens (tertiary/aromatic N) is 3. The van der Waals surface area contributed by atoms with E-state index in [4.69, 9.17) is 0 Å². The van der Waals surface area contributed by atoms with E-state index in [1.807, 2.05) is 4.90 Å². The number of carbonyl (C=O) groups is 1. The highest BCUT2D eigenvalue weighted by molar-refractivity contribution is 5.79. The number of likely N-dealkylation sites (tertiary alicyclic amines) is 1. The molecule has 25 heavy (non-hydrogen) atoms. The Balaban J connectivity index is 1.37. The Morgan fingerprint density at radius 2 is 2.24 bits per heavy atom. The summed E-state index contributed by atoms with van der Waals surface area (Å²) in [5.74, 6) is 0.665. The van der Waals surface area contributed by atoms with Gasteiger partial charge in [0.05, 0.1) is 6.42 Å². The number of aromatic nitrogens is 2. The number of anilines is 1. The molecule has 1 aliphatic carbocycles. The van der Waals surface area contributed by atoms with Crippen LogP contribution in [0.15, 0.2) is 30.6 Å². The van der Waals surface area contributed by atoms with Gasteiger partial charge in [-0.05, 0) is 43.4 Å². The molecular formula is C19H21FN4O. The Bertz CT molecular complexity index is 795. The number of hydrogen-bond acceptors (Lipinski definition) is 4. The van der Waals surface area contributed by atoms with Gasteiger partial charge in [0, 0.05) is 30.4 Å². The second kappa shape index (κ2) is 6.78. The quantitative estimate of drug-likeness (QED) is 0.928. The molecule has 0 bridgehead atoms. The molecule has 0 radical (unpaired) electrons. The van der Waals surface area contributed by atoms with Crippen LogP contribution >= 0.6 is 0 Å². The number of hydrogen-bond donors (Lipinski definition) is 1. The van der Waals surface area contributed by atoms with E-state index < -0.39 is 0 Å². The van der Waals surface area contributed by atoms with Crippen molar-refractivity contribution in [3.63, 3.8) is 0 Å². The van der Waals surface area contributed by atoms with Crippen LogP contribution in [0.2, 0.25) is 0 Å². The molecule has 2 heterocycles. The van der Waals surface area contributed by atoms with Crippen LogP contribution in [0.4, 0.5) is 10.2 Å². The van der Waals surface area contributed by atoms with Crippen LogP contribution < -0.4 is 5.32 Å². The topological polar surface area (TPSA) is 58.1 Å². The Hall–Kier alpha value is -2.50. The molecule has 1 aromatic carbocycles. The summed E-state index contributed by atoms with van der Waals surface area (Å²) in [7, 11) is 0. The molecule has 2 aliphatic rings. The fraction of sp³-hybridized carbons (Fsp3) is 0.421. The van der Waals surface area contributed by atoms with Crippen molar-refractivity contribution >= 4 is 11.7 Å². The molecule has 130 valence electrons. The van der Waals surface area contributed by atoms with Crippen LogP contribution in [0.25, 0.3) is 0 Å². The lowest BCUT2D eigenvalue weighted by Gasteiger charge is -2.18. The van der Waals surface area contributed by atoms with Crippen molar-refractivity contribution in [3.8, 4) is 0 Å². The first-order valence-electron chi connectivity index (χ1n) is 8.80. The average Bonchev–Trinajstić information content (AvgIpc) is 3.24. The predicted molar refractivity (Wildman–Crippen MR) is 92.8 cm³/mol. The lowest BCUT2D eigenvalue weighted by molar-refractivity contribution is -0.129. The largest absolute Gasteiger partial charge is 0.365 e. The smallest absolute Gasteiger partial charge is 0.227 e. The molecule has 5 nitrogen and oxygen atoms in total. The second-order valence-corrected chi connectivity index (χ2v) is 6.78. The van der Waals surface area contributed by atoms with Crippen LogP contribution in [0.1, 0.15) is 29.7 Å². The van der Waals surface area contributed by atoms with Gasteiger partial charge in [0.25, 0.3) is 0 Å². The zero-order valence-corrected chi connectivity index (χ0v) is 14.0. The minimum Gasteiger partial charge on any atom is -0.365 e. The van der Waals surface area contributed by atoms with Gasteiger partial charge in [0.1, 0.15) is 18.0 Å². The third kappa shape index (κ3) is 3.48. The maximum atomic E-state index is 13.3. The van der Waals surface area contributed by atoms with Gasteiger partial charge in [-0.3, -0.25) is 4.79 Å². The van der Waals surface area contributed by atoms with E-state index in [0.29, 0.717) is 6.54 Å². The summed E-state index contributed by atoms with van der Waals surface area (Å²) in [6.45, 7) is 1.38. The van der Waals surface area contributed by atoms with E-state index in [1.165, 1.54) is 17.7 Å². The number of carbonyl (C=O) groups excluding carboxylic acids is 1. The maximum Gasteiger partial charge on any atom is 0.227 e. The third-order valence-electron chi connectivity index (χ3n) is 5.00. The van der Waals surface area contributed by atoms with Crippen LogP contribution in [0.5, 0.6) is 0 Å². The molecule has 6 heteroatoms. The minimum absolute atomic E-state index is 0.0443. The van der Waals surface area contributed by atoms with Crippen molar-refractivity contribution in [1.82, 2.24) is 14.9 Å². The van der Waals surface area contributed by atoms with Crippen LogP contribution in [0, 0.1) is 5.82 Å². The summed E-state index contributed by atoms with van der Waals surface area (Å²) in [5, 5.41) is 3.49. The minimum atomic E-state index is -0.302. The molecule has 1 fully saturated rings. The second-order valence-electron chi connectivity index (χ2n) is 6.78. The SMILES string of the molecule is O=C(Cc1cccc(F)c1)N1CC[C@H](Nc2ncnc3c2CCC3)C1. The van der Waals surface area contributed by atoms with Crippen molar-refractivity contribution in [1.29, 1.82) is 0 Å². The van der Waals surface area contributed by atoms with Gasteiger partial charge in [-0.15, -0.1) is 0 Å². The van der Waals surface area contributed by atoms with E-state index in [9.17, 15) is 9.18 Å². The van der Waals surface area contributed by atoms with E-state index in [-0.39, 0.29) is 24.2 Å². The number of benzene rings is 1.